The summed E-state index contributed by atoms with van der Waals surface area (Å²) in [6.07, 6.45) is 0.270. The minimum atomic E-state index is -2.00. The van der Waals surface area contributed by atoms with Crippen LogP contribution in [0.25, 0.3) is 0 Å². The van der Waals surface area contributed by atoms with Crippen molar-refractivity contribution in [2.75, 3.05) is 19.7 Å². The topological polar surface area (TPSA) is 116 Å². The molecule has 2 aliphatic rings. The van der Waals surface area contributed by atoms with Crippen LogP contribution in [-0.4, -0.2) is 70.3 Å². The van der Waals surface area contributed by atoms with E-state index in [1.165, 1.54) is 13.8 Å². The maximum atomic E-state index is 12.5. The van der Waals surface area contributed by atoms with E-state index in [1.807, 2.05) is 0 Å². The van der Waals surface area contributed by atoms with Crippen LogP contribution >= 0.6 is 0 Å². The highest BCUT2D eigenvalue weighted by molar-refractivity contribution is 5.81. The molecule has 1 fully saturated rings. The van der Waals surface area contributed by atoms with Crippen LogP contribution in [0.15, 0.2) is 11.6 Å². The Kier molecular flexibility index (Phi) is 5.58. The monoisotopic (exact) mass is 357 g/mol. The summed E-state index contributed by atoms with van der Waals surface area (Å²) in [5.41, 5.74) is -1.43. The Labute approximate surface area is 147 Å². The highest BCUT2D eigenvalue weighted by Gasteiger charge is 2.50. The summed E-state index contributed by atoms with van der Waals surface area (Å²) in [5, 5.41) is 33.3. The van der Waals surface area contributed by atoms with Crippen molar-refractivity contribution in [2.45, 2.75) is 58.0 Å². The van der Waals surface area contributed by atoms with Gasteiger partial charge < -0.3 is 29.5 Å². The number of fused-ring (bicyclic) bond motifs is 1. The third-order valence-electron chi connectivity index (χ3n) is 5.26. The van der Waals surface area contributed by atoms with Crippen molar-refractivity contribution in [3.63, 3.8) is 0 Å². The van der Waals surface area contributed by atoms with Gasteiger partial charge in [0.05, 0.1) is 13.1 Å². The highest BCUT2D eigenvalue weighted by Crippen LogP contribution is 2.36. The number of carbonyl (C=O) groups is 2. The van der Waals surface area contributed by atoms with Crippen molar-refractivity contribution < 1.29 is 33.9 Å². The Bertz CT molecular complexity index is 575. The standard InChI is InChI=1S/C17H27NO7/c1-10(2)17(22,11(3)25-12(4)19)16(21)24-9-13-5-7-18(23)8-6-14(20)15(13)18/h5,10-11,14-15,20,22H,6-9H2,1-4H3/t11-,14+,15+,17+,18?/m0/s1. The molecule has 25 heavy (non-hydrogen) atoms. The lowest BCUT2D eigenvalue weighted by molar-refractivity contribution is -0.877. The number of aliphatic hydroxyl groups is 2. The molecule has 0 saturated carbocycles. The molecule has 0 amide bonds. The Morgan fingerprint density at radius 1 is 1.44 bits per heavy atom. The van der Waals surface area contributed by atoms with Gasteiger partial charge in [0.25, 0.3) is 0 Å². The first-order chi connectivity index (χ1) is 11.5. The molecule has 2 heterocycles. The average molecular weight is 357 g/mol. The van der Waals surface area contributed by atoms with E-state index in [9.17, 15) is 25.0 Å². The van der Waals surface area contributed by atoms with Gasteiger partial charge in [-0.3, -0.25) is 4.79 Å². The van der Waals surface area contributed by atoms with Gasteiger partial charge in [-0.05, 0) is 18.9 Å². The molecule has 0 spiro atoms. The summed E-state index contributed by atoms with van der Waals surface area (Å²) < 4.78 is 9.70. The summed E-state index contributed by atoms with van der Waals surface area (Å²) in [6, 6.07) is -0.620. The van der Waals surface area contributed by atoms with Crippen LogP contribution in [0.4, 0.5) is 0 Å². The number of esters is 2. The van der Waals surface area contributed by atoms with E-state index in [1.54, 1.807) is 19.9 Å². The lowest BCUT2D eigenvalue weighted by atomic mass is 9.85. The van der Waals surface area contributed by atoms with Crippen LogP contribution in [0.2, 0.25) is 0 Å². The van der Waals surface area contributed by atoms with E-state index in [2.05, 4.69) is 0 Å². The largest absolute Gasteiger partial charge is 0.632 e. The molecule has 2 aliphatic heterocycles. The molecular formula is C17H27NO7. The van der Waals surface area contributed by atoms with Gasteiger partial charge in [-0.25, -0.2) is 4.79 Å². The van der Waals surface area contributed by atoms with Gasteiger partial charge in [-0.15, -0.1) is 0 Å². The zero-order chi connectivity index (χ0) is 19.0. The number of carbonyl (C=O) groups excluding carboxylic acids is 2. The zero-order valence-electron chi connectivity index (χ0n) is 15.1. The predicted octanol–water partition coefficient (Wildman–Crippen LogP) is 0.256. The van der Waals surface area contributed by atoms with E-state index in [0.29, 0.717) is 18.5 Å². The highest BCUT2D eigenvalue weighted by atomic mass is 16.6. The predicted molar refractivity (Wildman–Crippen MR) is 87.8 cm³/mol. The second-order valence-electron chi connectivity index (χ2n) is 7.25. The van der Waals surface area contributed by atoms with E-state index in [0.717, 1.165) is 0 Å². The lowest BCUT2D eigenvalue weighted by Crippen LogP contribution is -2.55. The summed E-state index contributed by atoms with van der Waals surface area (Å²) >= 11 is 0. The molecule has 8 nitrogen and oxygen atoms in total. The number of rotatable bonds is 6. The molecule has 8 heteroatoms. The quantitative estimate of drug-likeness (QED) is 0.303. The average Bonchev–Trinajstić information content (AvgIpc) is 2.99. The first-order valence-electron chi connectivity index (χ1n) is 8.54. The number of ether oxygens (including phenoxy) is 2. The molecule has 0 aromatic heterocycles. The molecule has 2 N–H and O–H groups in total. The van der Waals surface area contributed by atoms with Gasteiger partial charge in [0.2, 0.25) is 5.60 Å². The lowest BCUT2D eigenvalue weighted by Gasteiger charge is -2.40. The number of quaternary nitrogens is 1. The number of hydroxylamine groups is 3. The van der Waals surface area contributed by atoms with Crippen LogP contribution in [0.5, 0.6) is 0 Å². The summed E-state index contributed by atoms with van der Waals surface area (Å²) in [6.45, 7) is 6.26. The fourth-order valence-corrected chi connectivity index (χ4v) is 3.73. The number of aliphatic hydroxyl groups excluding tert-OH is 1. The molecule has 0 aliphatic carbocycles. The van der Waals surface area contributed by atoms with Crippen LogP contribution in [0.3, 0.4) is 0 Å². The van der Waals surface area contributed by atoms with E-state index in [4.69, 9.17) is 9.47 Å². The molecule has 0 aromatic rings. The smallest absolute Gasteiger partial charge is 0.342 e. The van der Waals surface area contributed by atoms with Gasteiger partial charge in [0.15, 0.2) is 0 Å². The number of nitrogens with zero attached hydrogens (tertiary/aromatic N) is 1. The summed E-state index contributed by atoms with van der Waals surface area (Å²) in [4.78, 5) is 23.7. The summed E-state index contributed by atoms with van der Waals surface area (Å²) in [5.74, 6) is -2.08. The van der Waals surface area contributed by atoms with Crippen molar-refractivity contribution in [3.05, 3.63) is 16.9 Å². The Morgan fingerprint density at radius 2 is 2.08 bits per heavy atom. The van der Waals surface area contributed by atoms with Gasteiger partial charge >= 0.3 is 11.9 Å². The SMILES string of the molecule is CC(=O)O[C@@H](C)[C@@](O)(C(=O)OCC1=CC[N+]2([O-])CC[C@@H](O)[C@@H]12)C(C)C. The summed E-state index contributed by atoms with van der Waals surface area (Å²) in [7, 11) is 0. The third-order valence-corrected chi connectivity index (χ3v) is 5.26. The van der Waals surface area contributed by atoms with E-state index in [-0.39, 0.29) is 13.2 Å². The molecule has 5 atom stereocenters. The molecule has 1 saturated heterocycles. The van der Waals surface area contributed by atoms with Gasteiger partial charge in [-0.2, -0.15) is 0 Å². The second-order valence-corrected chi connectivity index (χ2v) is 7.25. The molecule has 1 unspecified atom stereocenters. The van der Waals surface area contributed by atoms with E-state index >= 15 is 0 Å². The van der Waals surface area contributed by atoms with Crippen molar-refractivity contribution in [1.82, 2.24) is 0 Å². The van der Waals surface area contributed by atoms with Crippen molar-refractivity contribution in [2.24, 2.45) is 5.92 Å². The molecule has 142 valence electrons. The van der Waals surface area contributed by atoms with Crippen molar-refractivity contribution >= 4 is 11.9 Å². The maximum absolute atomic E-state index is 12.5. The minimum Gasteiger partial charge on any atom is -0.632 e. The Balaban J connectivity index is 2.06. The zero-order valence-corrected chi connectivity index (χ0v) is 15.1. The van der Waals surface area contributed by atoms with Crippen LogP contribution < -0.4 is 0 Å². The number of hydrogen-bond donors (Lipinski definition) is 2. The molecule has 2 rings (SSSR count). The first kappa shape index (κ1) is 19.8. The number of hydrogen-bond acceptors (Lipinski definition) is 7. The Morgan fingerprint density at radius 3 is 2.64 bits per heavy atom. The fraction of sp³-hybridized carbons (Fsp3) is 0.765. The minimum absolute atomic E-state index is 0.176. The normalized spacial score (nSPS) is 31.9. The molecule has 0 aromatic carbocycles. The van der Waals surface area contributed by atoms with Crippen LogP contribution in [0, 0.1) is 11.1 Å². The molecule has 0 bridgehead atoms. The van der Waals surface area contributed by atoms with Gasteiger partial charge in [0, 0.05) is 18.9 Å². The fourth-order valence-electron chi connectivity index (χ4n) is 3.73. The molecule has 0 radical (unpaired) electrons. The third kappa shape index (κ3) is 3.57. The molecular weight excluding hydrogens is 330 g/mol. The Hall–Kier alpha value is -1.48. The second kappa shape index (κ2) is 7.03. The van der Waals surface area contributed by atoms with Crippen molar-refractivity contribution in [3.8, 4) is 0 Å². The van der Waals surface area contributed by atoms with Crippen LogP contribution in [0.1, 0.15) is 34.1 Å². The van der Waals surface area contributed by atoms with Gasteiger partial charge in [-0.1, -0.05) is 13.8 Å². The van der Waals surface area contributed by atoms with Gasteiger partial charge in [0.1, 0.15) is 24.9 Å². The first-order valence-corrected chi connectivity index (χ1v) is 8.54. The van der Waals surface area contributed by atoms with E-state index < -0.39 is 46.4 Å². The van der Waals surface area contributed by atoms with Crippen LogP contribution in [-0.2, 0) is 19.1 Å². The maximum Gasteiger partial charge on any atom is 0.342 e. The van der Waals surface area contributed by atoms with Crippen molar-refractivity contribution in [1.29, 1.82) is 0 Å².